The minimum Gasteiger partial charge on any atom is -0.328 e. The average molecular weight is 308 g/mol. The SMILES string of the molecule is CC(c1cccc(F)c1)n1c(=S)[nH]c2c(F)cc(F)cc21. The van der Waals surface area contributed by atoms with Crippen molar-refractivity contribution in [2.75, 3.05) is 0 Å². The number of nitrogens with zero attached hydrogens (tertiary/aromatic N) is 1. The van der Waals surface area contributed by atoms with Crippen LogP contribution in [0.2, 0.25) is 0 Å². The van der Waals surface area contributed by atoms with Gasteiger partial charge < -0.3 is 9.55 Å². The van der Waals surface area contributed by atoms with E-state index in [0.717, 1.165) is 6.07 Å². The highest BCUT2D eigenvalue weighted by Gasteiger charge is 2.16. The van der Waals surface area contributed by atoms with E-state index in [1.165, 1.54) is 18.2 Å². The van der Waals surface area contributed by atoms with Crippen LogP contribution >= 0.6 is 12.2 Å². The number of H-pyrrole nitrogens is 1. The summed E-state index contributed by atoms with van der Waals surface area (Å²) < 4.78 is 42.4. The smallest absolute Gasteiger partial charge is 0.178 e. The third-order valence-corrected chi connectivity index (χ3v) is 3.76. The Labute approximate surface area is 123 Å². The van der Waals surface area contributed by atoms with E-state index in [-0.39, 0.29) is 22.1 Å². The Bertz CT molecular complexity index is 882. The van der Waals surface area contributed by atoms with Crippen molar-refractivity contribution in [3.63, 3.8) is 0 Å². The maximum atomic E-state index is 13.8. The van der Waals surface area contributed by atoms with Gasteiger partial charge in [0.2, 0.25) is 0 Å². The second-order valence-electron chi connectivity index (χ2n) is 4.81. The fourth-order valence-electron chi connectivity index (χ4n) is 2.45. The number of aromatic amines is 1. The van der Waals surface area contributed by atoms with Gasteiger partial charge in [-0.15, -0.1) is 0 Å². The predicted octanol–water partition coefficient (Wildman–Crippen LogP) is 4.73. The quantitative estimate of drug-likeness (QED) is 0.679. The molecule has 1 atom stereocenters. The highest BCUT2D eigenvalue weighted by atomic mass is 32.1. The molecular weight excluding hydrogens is 297 g/mol. The second-order valence-corrected chi connectivity index (χ2v) is 5.20. The second kappa shape index (κ2) is 5.04. The number of benzene rings is 2. The summed E-state index contributed by atoms with van der Waals surface area (Å²) in [5.74, 6) is -1.77. The van der Waals surface area contributed by atoms with Crippen LogP contribution in [0.5, 0.6) is 0 Å². The first-order valence-corrected chi connectivity index (χ1v) is 6.73. The Hall–Kier alpha value is -2.08. The van der Waals surface area contributed by atoms with Crippen molar-refractivity contribution in [2.24, 2.45) is 0 Å². The van der Waals surface area contributed by atoms with Crippen molar-refractivity contribution in [3.8, 4) is 0 Å². The van der Waals surface area contributed by atoms with Crippen LogP contribution in [0.3, 0.4) is 0 Å². The first-order chi connectivity index (χ1) is 9.97. The number of hydrogen-bond donors (Lipinski definition) is 1. The molecule has 0 amide bonds. The van der Waals surface area contributed by atoms with E-state index in [0.29, 0.717) is 11.1 Å². The molecule has 0 aliphatic heterocycles. The molecule has 21 heavy (non-hydrogen) atoms. The maximum Gasteiger partial charge on any atom is 0.178 e. The third-order valence-electron chi connectivity index (χ3n) is 3.46. The van der Waals surface area contributed by atoms with E-state index in [4.69, 9.17) is 12.2 Å². The van der Waals surface area contributed by atoms with Crippen LogP contribution in [0.15, 0.2) is 36.4 Å². The van der Waals surface area contributed by atoms with Gasteiger partial charge in [0, 0.05) is 6.07 Å². The number of imidazole rings is 1. The average Bonchev–Trinajstić information content (AvgIpc) is 2.74. The molecule has 0 spiro atoms. The van der Waals surface area contributed by atoms with E-state index >= 15 is 0 Å². The summed E-state index contributed by atoms with van der Waals surface area (Å²) in [6, 6.07) is 7.68. The first-order valence-electron chi connectivity index (χ1n) is 6.32. The molecule has 3 aromatic rings. The van der Waals surface area contributed by atoms with Crippen LogP contribution < -0.4 is 0 Å². The molecule has 6 heteroatoms. The van der Waals surface area contributed by atoms with E-state index in [1.807, 2.05) is 0 Å². The van der Waals surface area contributed by atoms with Gasteiger partial charge in [-0.05, 0) is 42.9 Å². The van der Waals surface area contributed by atoms with Crippen molar-refractivity contribution < 1.29 is 13.2 Å². The van der Waals surface area contributed by atoms with Gasteiger partial charge in [-0.2, -0.15) is 0 Å². The Kier molecular flexibility index (Phi) is 3.33. The minimum absolute atomic E-state index is 0.143. The van der Waals surface area contributed by atoms with Crippen LogP contribution in [0.1, 0.15) is 18.5 Å². The summed E-state index contributed by atoms with van der Waals surface area (Å²) in [5.41, 5.74) is 1.12. The zero-order valence-electron chi connectivity index (χ0n) is 11.0. The van der Waals surface area contributed by atoms with Crippen LogP contribution in [-0.4, -0.2) is 9.55 Å². The number of hydrogen-bond acceptors (Lipinski definition) is 1. The van der Waals surface area contributed by atoms with Crippen molar-refractivity contribution in [1.29, 1.82) is 0 Å². The van der Waals surface area contributed by atoms with Crippen LogP contribution in [0.4, 0.5) is 13.2 Å². The molecule has 0 aliphatic carbocycles. The molecule has 0 aliphatic rings. The number of fused-ring (bicyclic) bond motifs is 1. The summed E-state index contributed by atoms with van der Waals surface area (Å²) in [6.45, 7) is 1.79. The standard InChI is InChI=1S/C15H11F3N2S/c1-8(9-3-2-4-10(16)5-9)20-13-7-11(17)6-12(18)14(13)19-15(20)21/h2-8H,1H3,(H,19,21). The molecule has 0 saturated heterocycles. The summed E-state index contributed by atoms with van der Waals surface area (Å²) in [4.78, 5) is 2.73. The molecule has 0 fully saturated rings. The topological polar surface area (TPSA) is 20.7 Å². The van der Waals surface area contributed by atoms with Gasteiger partial charge in [0.1, 0.15) is 17.2 Å². The lowest BCUT2D eigenvalue weighted by molar-refractivity contribution is 0.587. The van der Waals surface area contributed by atoms with Gasteiger partial charge >= 0.3 is 0 Å². The fourth-order valence-corrected chi connectivity index (χ4v) is 2.81. The van der Waals surface area contributed by atoms with Gasteiger partial charge in [-0.3, -0.25) is 0 Å². The molecule has 0 saturated carbocycles. The van der Waals surface area contributed by atoms with E-state index < -0.39 is 11.6 Å². The molecule has 108 valence electrons. The van der Waals surface area contributed by atoms with Crippen molar-refractivity contribution in [2.45, 2.75) is 13.0 Å². The van der Waals surface area contributed by atoms with Crippen molar-refractivity contribution in [3.05, 3.63) is 64.2 Å². The van der Waals surface area contributed by atoms with Crippen LogP contribution in [0, 0.1) is 22.2 Å². The summed E-state index contributed by atoms with van der Waals surface area (Å²) >= 11 is 5.19. The number of rotatable bonds is 2. The Morgan fingerprint density at radius 1 is 1.10 bits per heavy atom. The highest BCUT2D eigenvalue weighted by molar-refractivity contribution is 7.71. The normalized spacial score (nSPS) is 12.8. The lowest BCUT2D eigenvalue weighted by Gasteiger charge is -2.15. The summed E-state index contributed by atoms with van der Waals surface area (Å²) in [6.07, 6.45) is 0. The molecule has 0 bridgehead atoms. The van der Waals surface area contributed by atoms with Crippen LogP contribution in [-0.2, 0) is 0 Å². The monoisotopic (exact) mass is 308 g/mol. The van der Waals surface area contributed by atoms with Gasteiger partial charge in [-0.25, -0.2) is 13.2 Å². The molecule has 1 aromatic heterocycles. The van der Waals surface area contributed by atoms with E-state index in [2.05, 4.69) is 4.98 Å². The van der Waals surface area contributed by atoms with E-state index in [1.54, 1.807) is 23.6 Å². The predicted molar refractivity (Wildman–Crippen MR) is 77.3 cm³/mol. The van der Waals surface area contributed by atoms with Gasteiger partial charge in [0.15, 0.2) is 10.6 Å². The van der Waals surface area contributed by atoms with Gasteiger partial charge in [0.25, 0.3) is 0 Å². The molecule has 1 N–H and O–H groups in total. The minimum atomic E-state index is -0.707. The molecule has 0 radical (unpaired) electrons. The van der Waals surface area contributed by atoms with Gasteiger partial charge in [-0.1, -0.05) is 12.1 Å². The molecule has 2 aromatic carbocycles. The molecule has 2 nitrogen and oxygen atoms in total. The number of nitrogens with one attached hydrogen (secondary N) is 1. The summed E-state index contributed by atoms with van der Waals surface area (Å²) in [7, 11) is 0. The highest BCUT2D eigenvalue weighted by Crippen LogP contribution is 2.26. The lowest BCUT2D eigenvalue weighted by Crippen LogP contribution is -2.07. The third kappa shape index (κ3) is 2.35. The number of aromatic nitrogens is 2. The zero-order valence-corrected chi connectivity index (χ0v) is 11.8. The van der Waals surface area contributed by atoms with Gasteiger partial charge in [0.05, 0.1) is 11.6 Å². The molecule has 1 unspecified atom stereocenters. The first kappa shape index (κ1) is 13.9. The fraction of sp³-hybridized carbons (Fsp3) is 0.133. The van der Waals surface area contributed by atoms with Crippen molar-refractivity contribution in [1.82, 2.24) is 9.55 Å². The lowest BCUT2D eigenvalue weighted by atomic mass is 10.1. The Balaban J connectivity index is 2.25. The van der Waals surface area contributed by atoms with E-state index in [9.17, 15) is 13.2 Å². The Morgan fingerprint density at radius 2 is 1.86 bits per heavy atom. The number of halogens is 3. The van der Waals surface area contributed by atoms with Crippen molar-refractivity contribution >= 4 is 23.3 Å². The maximum absolute atomic E-state index is 13.8. The zero-order chi connectivity index (χ0) is 15.1. The largest absolute Gasteiger partial charge is 0.328 e. The molecule has 3 rings (SSSR count). The summed E-state index contributed by atoms with van der Waals surface area (Å²) in [5, 5.41) is 0. The molecule has 1 heterocycles. The molecular formula is C15H11F3N2S. The van der Waals surface area contributed by atoms with Crippen LogP contribution in [0.25, 0.3) is 11.0 Å². The Morgan fingerprint density at radius 3 is 2.57 bits per heavy atom.